The van der Waals surface area contributed by atoms with Gasteiger partial charge in [-0.3, -0.25) is 4.79 Å². The zero-order valence-corrected chi connectivity index (χ0v) is 16.7. The fraction of sp³-hybridized carbons (Fsp3) is 0.125. The molecule has 5 rings (SSSR count). The normalized spacial score (nSPS) is 17.5. The van der Waals surface area contributed by atoms with E-state index in [4.69, 9.17) is 16.1 Å². The van der Waals surface area contributed by atoms with Gasteiger partial charge in [0.25, 0.3) is 5.89 Å². The maximum absolute atomic E-state index is 12.8. The van der Waals surface area contributed by atoms with Gasteiger partial charge in [0.05, 0.1) is 11.3 Å². The van der Waals surface area contributed by atoms with Crippen LogP contribution in [0, 0.1) is 5.92 Å². The number of aromatic nitrogens is 2. The number of hydrogen-bond acceptors (Lipinski definition) is 4. The molecule has 1 aliphatic carbocycles. The zero-order valence-electron chi connectivity index (χ0n) is 16.0. The average Bonchev–Trinajstić information content (AvgIpc) is 3.45. The molecule has 2 unspecified atom stereocenters. The first-order chi connectivity index (χ1) is 14.7. The molecule has 0 spiro atoms. The Labute approximate surface area is 178 Å². The van der Waals surface area contributed by atoms with Gasteiger partial charge in [0.1, 0.15) is 0 Å². The third-order valence-electron chi connectivity index (χ3n) is 5.30. The summed E-state index contributed by atoms with van der Waals surface area (Å²) < 4.78 is 5.48. The summed E-state index contributed by atoms with van der Waals surface area (Å²) in [5, 5.41) is 7.76. The Kier molecular flexibility index (Phi) is 4.81. The Balaban J connectivity index is 1.35. The molecular formula is C24H18ClN3O2. The maximum Gasteiger partial charge on any atom is 0.260 e. The van der Waals surface area contributed by atoms with Crippen LogP contribution in [0.15, 0.2) is 83.4 Å². The van der Waals surface area contributed by atoms with E-state index in [1.165, 1.54) is 5.56 Å². The lowest BCUT2D eigenvalue weighted by Crippen LogP contribution is -2.15. The Morgan fingerprint density at radius 1 is 0.967 bits per heavy atom. The second kappa shape index (κ2) is 7.76. The van der Waals surface area contributed by atoms with E-state index in [1.807, 2.05) is 54.6 Å². The SMILES string of the molecule is O=C(Nc1ccccc1-c1nc(-c2ccc(Cl)cc2)no1)C1CC1c1ccccc1. The average molecular weight is 416 g/mol. The molecule has 0 saturated heterocycles. The monoisotopic (exact) mass is 415 g/mol. The van der Waals surface area contributed by atoms with Crippen LogP contribution in [0.4, 0.5) is 5.69 Å². The number of benzene rings is 3. The highest BCUT2D eigenvalue weighted by atomic mass is 35.5. The Hall–Kier alpha value is -3.44. The summed E-state index contributed by atoms with van der Waals surface area (Å²) in [5.41, 5.74) is 3.36. The van der Waals surface area contributed by atoms with Gasteiger partial charge in [-0.1, -0.05) is 59.2 Å². The van der Waals surface area contributed by atoms with E-state index in [-0.39, 0.29) is 17.7 Å². The highest BCUT2D eigenvalue weighted by Gasteiger charge is 2.44. The fourth-order valence-corrected chi connectivity index (χ4v) is 3.73. The number of carbonyl (C=O) groups excluding carboxylic acids is 1. The molecule has 1 amide bonds. The van der Waals surface area contributed by atoms with Crippen LogP contribution >= 0.6 is 11.6 Å². The van der Waals surface area contributed by atoms with Crippen LogP contribution in [0.2, 0.25) is 5.02 Å². The van der Waals surface area contributed by atoms with E-state index < -0.39 is 0 Å². The molecule has 4 aromatic rings. The van der Waals surface area contributed by atoms with Crippen LogP contribution in [-0.2, 0) is 4.79 Å². The number of para-hydroxylation sites is 1. The van der Waals surface area contributed by atoms with E-state index in [0.717, 1.165) is 12.0 Å². The number of nitrogens with zero attached hydrogens (tertiary/aromatic N) is 2. The second-order valence-electron chi connectivity index (χ2n) is 7.32. The summed E-state index contributed by atoms with van der Waals surface area (Å²) >= 11 is 5.94. The predicted molar refractivity (Wildman–Crippen MR) is 116 cm³/mol. The van der Waals surface area contributed by atoms with Crippen molar-refractivity contribution < 1.29 is 9.32 Å². The molecule has 1 N–H and O–H groups in total. The molecule has 1 heterocycles. The first kappa shape index (κ1) is 18.6. The third-order valence-corrected chi connectivity index (χ3v) is 5.55. The smallest absolute Gasteiger partial charge is 0.260 e. The summed E-state index contributed by atoms with van der Waals surface area (Å²) in [6, 6.07) is 24.8. The van der Waals surface area contributed by atoms with E-state index in [2.05, 4.69) is 27.6 Å². The van der Waals surface area contributed by atoms with Crippen molar-refractivity contribution in [2.24, 2.45) is 5.92 Å². The highest BCUT2D eigenvalue weighted by Crippen LogP contribution is 2.48. The summed E-state index contributed by atoms with van der Waals surface area (Å²) in [4.78, 5) is 17.3. The molecule has 3 aromatic carbocycles. The number of carbonyl (C=O) groups is 1. The van der Waals surface area contributed by atoms with Gasteiger partial charge >= 0.3 is 0 Å². The van der Waals surface area contributed by atoms with E-state index in [1.54, 1.807) is 12.1 Å². The quantitative estimate of drug-likeness (QED) is 0.447. The lowest BCUT2D eigenvalue weighted by Gasteiger charge is -2.08. The van der Waals surface area contributed by atoms with Crippen LogP contribution in [0.25, 0.3) is 22.8 Å². The molecule has 30 heavy (non-hydrogen) atoms. The van der Waals surface area contributed by atoms with Crippen LogP contribution in [0.1, 0.15) is 17.9 Å². The summed E-state index contributed by atoms with van der Waals surface area (Å²) in [5.74, 6) is 1.08. The fourth-order valence-electron chi connectivity index (χ4n) is 3.61. The maximum atomic E-state index is 12.8. The molecule has 0 radical (unpaired) electrons. The van der Waals surface area contributed by atoms with Crippen LogP contribution in [0.5, 0.6) is 0 Å². The van der Waals surface area contributed by atoms with Gasteiger partial charge in [0, 0.05) is 16.5 Å². The highest BCUT2D eigenvalue weighted by molar-refractivity contribution is 6.30. The van der Waals surface area contributed by atoms with Crippen molar-refractivity contribution in [3.63, 3.8) is 0 Å². The zero-order chi connectivity index (χ0) is 20.5. The van der Waals surface area contributed by atoms with Crippen LogP contribution in [0.3, 0.4) is 0 Å². The molecular weight excluding hydrogens is 398 g/mol. The minimum absolute atomic E-state index is 0.00810. The molecule has 1 saturated carbocycles. The van der Waals surface area contributed by atoms with Gasteiger partial charge in [0.2, 0.25) is 11.7 Å². The number of nitrogens with one attached hydrogen (secondary N) is 1. The van der Waals surface area contributed by atoms with Crippen molar-refractivity contribution in [3.05, 3.63) is 89.4 Å². The van der Waals surface area contributed by atoms with Crippen LogP contribution < -0.4 is 5.32 Å². The van der Waals surface area contributed by atoms with Gasteiger partial charge in [-0.2, -0.15) is 4.98 Å². The summed E-state index contributed by atoms with van der Waals surface area (Å²) in [6.45, 7) is 0. The number of rotatable bonds is 5. The van der Waals surface area contributed by atoms with Gasteiger partial charge in [-0.05, 0) is 54.3 Å². The third kappa shape index (κ3) is 3.72. The number of anilines is 1. The minimum atomic E-state index is -0.0206. The van der Waals surface area contributed by atoms with E-state index in [9.17, 15) is 4.79 Å². The minimum Gasteiger partial charge on any atom is -0.334 e. The second-order valence-corrected chi connectivity index (χ2v) is 7.76. The molecule has 6 heteroatoms. The lowest BCUT2D eigenvalue weighted by atomic mass is 10.1. The topological polar surface area (TPSA) is 68.0 Å². The largest absolute Gasteiger partial charge is 0.334 e. The van der Waals surface area contributed by atoms with Crippen molar-refractivity contribution in [1.29, 1.82) is 0 Å². The number of hydrogen-bond donors (Lipinski definition) is 1. The molecule has 2 atom stereocenters. The summed E-state index contributed by atoms with van der Waals surface area (Å²) in [6.07, 6.45) is 0.860. The van der Waals surface area contributed by atoms with Crippen molar-refractivity contribution in [2.75, 3.05) is 5.32 Å². The first-order valence-corrected chi connectivity index (χ1v) is 10.1. The molecule has 1 aliphatic rings. The molecule has 5 nitrogen and oxygen atoms in total. The molecule has 0 bridgehead atoms. The molecule has 0 aliphatic heterocycles. The Bertz CT molecular complexity index is 1190. The summed E-state index contributed by atoms with van der Waals surface area (Å²) in [7, 11) is 0. The molecule has 148 valence electrons. The predicted octanol–water partition coefficient (Wildman–Crippen LogP) is 5.80. The Morgan fingerprint density at radius 2 is 1.70 bits per heavy atom. The van der Waals surface area contributed by atoms with Gasteiger partial charge in [0.15, 0.2) is 0 Å². The van der Waals surface area contributed by atoms with Gasteiger partial charge in [-0.15, -0.1) is 0 Å². The molecule has 1 fully saturated rings. The van der Waals surface area contributed by atoms with E-state index in [0.29, 0.717) is 28.0 Å². The molecule has 1 aromatic heterocycles. The van der Waals surface area contributed by atoms with Crippen molar-refractivity contribution in [3.8, 4) is 22.8 Å². The lowest BCUT2D eigenvalue weighted by molar-refractivity contribution is -0.117. The van der Waals surface area contributed by atoms with Crippen molar-refractivity contribution in [2.45, 2.75) is 12.3 Å². The van der Waals surface area contributed by atoms with E-state index >= 15 is 0 Å². The Morgan fingerprint density at radius 3 is 2.50 bits per heavy atom. The standard InChI is InChI=1S/C24H18ClN3O2/c25-17-12-10-16(11-13-17)22-27-24(30-28-22)18-8-4-5-9-21(18)26-23(29)20-14-19(20)15-6-2-1-3-7-15/h1-13,19-20H,14H2,(H,26,29). The number of halogens is 1. The van der Waals surface area contributed by atoms with Gasteiger partial charge in [-0.25, -0.2) is 0 Å². The van der Waals surface area contributed by atoms with Crippen LogP contribution in [-0.4, -0.2) is 16.0 Å². The van der Waals surface area contributed by atoms with Crippen molar-refractivity contribution >= 4 is 23.2 Å². The first-order valence-electron chi connectivity index (χ1n) is 9.74. The number of amides is 1. The van der Waals surface area contributed by atoms with Crippen molar-refractivity contribution in [1.82, 2.24) is 10.1 Å². The van der Waals surface area contributed by atoms with Gasteiger partial charge < -0.3 is 9.84 Å².